The second-order valence-electron chi connectivity index (χ2n) is 6.51. The first-order valence-electron chi connectivity index (χ1n) is 8.77. The molecule has 26 heavy (non-hydrogen) atoms. The first-order chi connectivity index (χ1) is 12.5. The van der Waals surface area contributed by atoms with Gasteiger partial charge in [0, 0.05) is 30.2 Å². The maximum atomic E-state index is 13.2. The molecule has 0 saturated carbocycles. The normalized spacial score (nSPS) is 24.8. The number of rotatable bonds is 4. The summed E-state index contributed by atoms with van der Waals surface area (Å²) in [7, 11) is 1.67. The van der Waals surface area contributed by atoms with Crippen LogP contribution in [0.25, 0.3) is 6.08 Å². The van der Waals surface area contributed by atoms with E-state index in [0.717, 1.165) is 35.5 Å². The molecule has 2 aliphatic rings. The minimum absolute atomic E-state index is 0.00777. The second kappa shape index (κ2) is 8.59. The monoisotopic (exact) mass is 428 g/mol. The van der Waals surface area contributed by atoms with Crippen molar-refractivity contribution < 1.29 is 18.3 Å². The van der Waals surface area contributed by atoms with Crippen molar-refractivity contribution in [2.24, 2.45) is 4.99 Å². The predicted octanol–water partition coefficient (Wildman–Crippen LogP) is 5.20. The molecule has 7 heteroatoms. The molecule has 2 aliphatic heterocycles. The van der Waals surface area contributed by atoms with E-state index in [1.54, 1.807) is 13.2 Å². The molecule has 142 valence electrons. The van der Waals surface area contributed by atoms with Gasteiger partial charge >= 0.3 is 0 Å². The van der Waals surface area contributed by atoms with Crippen LogP contribution in [0.1, 0.15) is 43.7 Å². The summed E-state index contributed by atoms with van der Waals surface area (Å²) in [4.78, 5) is 4.89. The van der Waals surface area contributed by atoms with Gasteiger partial charge in [-0.3, -0.25) is 4.99 Å². The molecule has 2 heterocycles. The highest BCUT2D eigenvalue weighted by Crippen LogP contribution is 2.36. The molecular formula is C19H23BrF2N2O2. The van der Waals surface area contributed by atoms with Gasteiger partial charge in [0.15, 0.2) is 0 Å². The number of anilines is 1. The summed E-state index contributed by atoms with van der Waals surface area (Å²) < 4.78 is 37.9. The molecule has 1 fully saturated rings. The Morgan fingerprint density at radius 3 is 2.92 bits per heavy atom. The van der Waals surface area contributed by atoms with Crippen LogP contribution < -0.4 is 5.32 Å². The third-order valence-corrected chi connectivity index (χ3v) is 5.39. The topological polar surface area (TPSA) is 42.9 Å². The highest BCUT2D eigenvalue weighted by Gasteiger charge is 2.26. The van der Waals surface area contributed by atoms with Gasteiger partial charge in [-0.1, -0.05) is 18.6 Å². The Balaban J connectivity index is 1.97. The summed E-state index contributed by atoms with van der Waals surface area (Å²) in [6, 6.07) is 3.03. The number of ether oxygens (including phenoxy) is 2. The van der Waals surface area contributed by atoms with Crippen molar-refractivity contribution in [2.75, 3.05) is 25.6 Å². The lowest BCUT2D eigenvalue weighted by Gasteiger charge is -2.28. The van der Waals surface area contributed by atoms with Crippen LogP contribution in [-0.4, -0.2) is 38.3 Å². The standard InChI is InChI=1S/C19H23BrF2N2O2/c1-3-11-6-12-8-13(19(21)22)9-14(20)18(12)24-17(7-11)23-15-4-5-26-10-16(15)25-2/h6,8-9,15-16,19H,3-5,7,10H2,1-2H3,(H,23,24)/t15-,16-/m1/s1. The van der Waals surface area contributed by atoms with E-state index >= 15 is 0 Å². The van der Waals surface area contributed by atoms with Crippen LogP contribution in [0, 0.1) is 0 Å². The van der Waals surface area contributed by atoms with E-state index in [1.165, 1.54) is 6.07 Å². The fraction of sp³-hybridized carbons (Fsp3) is 0.526. The van der Waals surface area contributed by atoms with E-state index in [1.807, 2.05) is 6.08 Å². The largest absolute Gasteiger partial charge is 0.379 e. The molecule has 1 saturated heterocycles. The average Bonchev–Trinajstić information content (AvgIpc) is 2.81. The Kier molecular flexibility index (Phi) is 6.42. The summed E-state index contributed by atoms with van der Waals surface area (Å²) in [6.07, 6.45) is 1.70. The number of halogens is 3. The molecule has 0 aromatic heterocycles. The van der Waals surface area contributed by atoms with Gasteiger partial charge in [-0.2, -0.15) is 0 Å². The van der Waals surface area contributed by atoms with E-state index in [0.29, 0.717) is 24.1 Å². The summed E-state index contributed by atoms with van der Waals surface area (Å²) >= 11 is 3.43. The van der Waals surface area contributed by atoms with Crippen LogP contribution in [0.2, 0.25) is 0 Å². The molecule has 0 unspecified atom stereocenters. The van der Waals surface area contributed by atoms with Gasteiger partial charge in [0.25, 0.3) is 6.43 Å². The van der Waals surface area contributed by atoms with Crippen LogP contribution in [0.5, 0.6) is 0 Å². The van der Waals surface area contributed by atoms with Crippen molar-refractivity contribution in [2.45, 2.75) is 44.8 Å². The Morgan fingerprint density at radius 2 is 2.23 bits per heavy atom. The zero-order valence-electron chi connectivity index (χ0n) is 14.9. The van der Waals surface area contributed by atoms with Crippen molar-refractivity contribution in [3.8, 4) is 0 Å². The Hall–Kier alpha value is -1.31. The number of methoxy groups -OCH3 is 1. The Labute approximate surface area is 160 Å². The molecule has 0 aliphatic carbocycles. The molecule has 3 rings (SSSR count). The highest BCUT2D eigenvalue weighted by molar-refractivity contribution is 9.10. The fourth-order valence-electron chi connectivity index (χ4n) is 3.27. The molecular weight excluding hydrogens is 406 g/mol. The zero-order valence-corrected chi connectivity index (χ0v) is 16.5. The van der Waals surface area contributed by atoms with Gasteiger partial charge in [0.2, 0.25) is 0 Å². The fourth-order valence-corrected chi connectivity index (χ4v) is 3.87. The zero-order chi connectivity index (χ0) is 18.7. The predicted molar refractivity (Wildman–Crippen MR) is 103 cm³/mol. The van der Waals surface area contributed by atoms with Gasteiger partial charge in [0.1, 0.15) is 11.9 Å². The SMILES string of the molecule is CCC1=Cc2cc(C(F)F)cc(Br)c2NC(=N[C@@H]2CCOC[C@H]2OC)C1. The summed E-state index contributed by atoms with van der Waals surface area (Å²) in [6.45, 7) is 3.26. The minimum atomic E-state index is -2.50. The van der Waals surface area contributed by atoms with Gasteiger partial charge in [0.05, 0.1) is 18.3 Å². The van der Waals surface area contributed by atoms with Gasteiger partial charge in [-0.15, -0.1) is 0 Å². The highest BCUT2D eigenvalue weighted by atomic mass is 79.9. The van der Waals surface area contributed by atoms with E-state index in [4.69, 9.17) is 14.5 Å². The number of alkyl halides is 2. The average molecular weight is 429 g/mol. The second-order valence-corrected chi connectivity index (χ2v) is 7.36. The number of hydrogen-bond acceptors (Lipinski definition) is 3. The number of nitrogens with zero attached hydrogens (tertiary/aromatic N) is 1. The maximum absolute atomic E-state index is 13.2. The number of aliphatic imine (C=N–C) groups is 1. The minimum Gasteiger partial charge on any atom is -0.379 e. The lowest BCUT2D eigenvalue weighted by Crippen LogP contribution is -2.38. The van der Waals surface area contributed by atoms with Crippen molar-refractivity contribution in [3.63, 3.8) is 0 Å². The Morgan fingerprint density at radius 1 is 1.42 bits per heavy atom. The molecule has 0 amide bonds. The van der Waals surface area contributed by atoms with Crippen molar-refractivity contribution in [3.05, 3.63) is 33.3 Å². The van der Waals surface area contributed by atoms with Gasteiger partial charge < -0.3 is 14.8 Å². The molecule has 2 atom stereocenters. The number of nitrogens with one attached hydrogen (secondary N) is 1. The number of fused-ring (bicyclic) bond motifs is 1. The molecule has 1 N–H and O–H groups in total. The number of benzene rings is 1. The number of hydrogen-bond donors (Lipinski definition) is 1. The lowest BCUT2D eigenvalue weighted by atomic mass is 10.0. The molecule has 4 nitrogen and oxygen atoms in total. The molecule has 1 aromatic rings. The summed E-state index contributed by atoms with van der Waals surface area (Å²) in [5.41, 5.74) is 2.69. The lowest BCUT2D eigenvalue weighted by molar-refractivity contribution is -0.0406. The third kappa shape index (κ3) is 4.32. The summed E-state index contributed by atoms with van der Waals surface area (Å²) in [5, 5.41) is 3.36. The van der Waals surface area contributed by atoms with Crippen LogP contribution >= 0.6 is 15.9 Å². The quantitative estimate of drug-likeness (QED) is 0.716. The van der Waals surface area contributed by atoms with E-state index < -0.39 is 6.43 Å². The molecule has 0 spiro atoms. The van der Waals surface area contributed by atoms with Crippen LogP contribution in [0.3, 0.4) is 0 Å². The Bertz CT molecular complexity index is 722. The molecule has 0 bridgehead atoms. The first kappa shape index (κ1) is 19.5. The summed E-state index contributed by atoms with van der Waals surface area (Å²) in [5.74, 6) is 0.830. The molecule has 0 radical (unpaired) electrons. The number of amidine groups is 1. The van der Waals surface area contributed by atoms with Crippen molar-refractivity contribution >= 4 is 33.5 Å². The maximum Gasteiger partial charge on any atom is 0.263 e. The third-order valence-electron chi connectivity index (χ3n) is 4.77. The first-order valence-corrected chi connectivity index (χ1v) is 9.56. The smallest absolute Gasteiger partial charge is 0.263 e. The van der Waals surface area contributed by atoms with Crippen LogP contribution in [0.4, 0.5) is 14.5 Å². The van der Waals surface area contributed by atoms with E-state index in [-0.39, 0.29) is 17.7 Å². The van der Waals surface area contributed by atoms with E-state index in [9.17, 15) is 8.78 Å². The van der Waals surface area contributed by atoms with Crippen LogP contribution in [0.15, 0.2) is 27.2 Å². The van der Waals surface area contributed by atoms with E-state index in [2.05, 4.69) is 28.2 Å². The van der Waals surface area contributed by atoms with Gasteiger partial charge in [-0.05, 0) is 46.5 Å². The van der Waals surface area contributed by atoms with Crippen LogP contribution in [-0.2, 0) is 9.47 Å². The van der Waals surface area contributed by atoms with Crippen molar-refractivity contribution in [1.29, 1.82) is 0 Å². The van der Waals surface area contributed by atoms with Crippen molar-refractivity contribution in [1.82, 2.24) is 0 Å². The molecule has 1 aromatic carbocycles. The van der Waals surface area contributed by atoms with Gasteiger partial charge in [-0.25, -0.2) is 8.78 Å².